The van der Waals surface area contributed by atoms with Gasteiger partial charge >= 0.3 is 5.97 Å². The largest absolute Gasteiger partial charge is 0.481 e. The van der Waals surface area contributed by atoms with Crippen molar-refractivity contribution in [3.8, 4) is 0 Å². The fourth-order valence-corrected chi connectivity index (χ4v) is 13.6. The van der Waals surface area contributed by atoms with E-state index in [1.165, 1.54) is 0 Å². The molecule has 0 unspecified atom stereocenters. The second-order valence-electron chi connectivity index (χ2n) is 19.9. The molecule has 7 aliphatic rings. The van der Waals surface area contributed by atoms with Crippen LogP contribution in [0.1, 0.15) is 106 Å². The number of carboxylic acids is 1. The lowest BCUT2D eigenvalue weighted by molar-refractivity contribution is -0.367. The first-order chi connectivity index (χ1) is 25.1. The second-order valence-corrected chi connectivity index (χ2v) is 19.9. The Labute approximate surface area is 319 Å². The number of ether oxygens (including phenoxy) is 4. The number of hydrogen-bond acceptors (Lipinski definition) is 12. The molecular formula is C41H66O13. The molecule has 0 aromatic rings. The quantitative estimate of drug-likeness (QED) is 0.144. The molecule has 0 spiro atoms. The Bertz CT molecular complexity index is 1470. The molecule has 5 aliphatic carbocycles. The Kier molecular flexibility index (Phi) is 10.4. The molecule has 0 aromatic carbocycles. The van der Waals surface area contributed by atoms with Gasteiger partial charge in [-0.05, 0) is 104 Å². The van der Waals surface area contributed by atoms with Gasteiger partial charge in [-0.1, -0.05) is 53.2 Å². The molecule has 0 aromatic heterocycles. The molecule has 6 fully saturated rings. The summed E-state index contributed by atoms with van der Waals surface area (Å²) in [5.41, 5.74) is -1.77. The number of fused-ring (bicyclic) bond motifs is 7. The van der Waals surface area contributed by atoms with Crippen LogP contribution >= 0.6 is 0 Å². The van der Waals surface area contributed by atoms with Crippen LogP contribution in [0.5, 0.6) is 0 Å². The predicted molar refractivity (Wildman–Crippen MR) is 193 cm³/mol. The number of aliphatic hydroxyl groups is 7. The van der Waals surface area contributed by atoms with E-state index in [9.17, 15) is 45.6 Å². The summed E-state index contributed by atoms with van der Waals surface area (Å²) in [6, 6.07) is 0. The fraction of sp³-hybridized carbons (Fsp3) is 0.927. The monoisotopic (exact) mass is 766 g/mol. The average molecular weight is 767 g/mol. The number of hydrogen-bond donors (Lipinski definition) is 8. The molecule has 4 saturated carbocycles. The first-order valence-electron chi connectivity index (χ1n) is 20.4. The maximum Gasteiger partial charge on any atom is 0.310 e. The van der Waals surface area contributed by atoms with Crippen LogP contribution in [0.2, 0.25) is 0 Å². The van der Waals surface area contributed by atoms with E-state index in [0.29, 0.717) is 31.6 Å². The number of carboxylic acid groups (broad SMARTS) is 1. The van der Waals surface area contributed by atoms with Crippen molar-refractivity contribution < 1.29 is 64.6 Å². The van der Waals surface area contributed by atoms with E-state index in [1.807, 2.05) is 6.92 Å². The number of aliphatic hydroxyl groups excluding tert-OH is 6. The summed E-state index contributed by atoms with van der Waals surface area (Å²) in [7, 11) is 0. The van der Waals surface area contributed by atoms with Crippen LogP contribution in [0.15, 0.2) is 11.6 Å². The lowest BCUT2D eigenvalue weighted by Crippen LogP contribution is -2.68. The summed E-state index contributed by atoms with van der Waals surface area (Å²) in [4.78, 5) is 13.1. The molecule has 0 radical (unpaired) electrons. The first-order valence-corrected chi connectivity index (χ1v) is 20.4. The van der Waals surface area contributed by atoms with Crippen molar-refractivity contribution in [1.29, 1.82) is 0 Å². The second kappa shape index (κ2) is 13.7. The lowest BCUT2D eigenvalue weighted by Gasteiger charge is -2.72. The highest BCUT2D eigenvalue weighted by molar-refractivity contribution is 5.77. The molecule has 2 aliphatic heterocycles. The highest BCUT2D eigenvalue weighted by Gasteiger charge is 2.71. The summed E-state index contributed by atoms with van der Waals surface area (Å²) in [5, 5.41) is 85.5. The van der Waals surface area contributed by atoms with Gasteiger partial charge in [0.15, 0.2) is 12.6 Å². The average Bonchev–Trinajstić information content (AvgIpc) is 3.10. The van der Waals surface area contributed by atoms with Crippen LogP contribution in [0.3, 0.4) is 0 Å². The topological polar surface area (TPSA) is 216 Å². The van der Waals surface area contributed by atoms with Gasteiger partial charge in [-0.3, -0.25) is 4.79 Å². The predicted octanol–water partition coefficient (Wildman–Crippen LogP) is 2.49. The Hall–Kier alpha value is -1.23. The van der Waals surface area contributed by atoms with E-state index >= 15 is 0 Å². The molecule has 2 saturated heterocycles. The summed E-state index contributed by atoms with van der Waals surface area (Å²) in [6.07, 6.45) is -4.14. The molecule has 0 bridgehead atoms. The van der Waals surface area contributed by atoms with E-state index in [1.54, 1.807) is 0 Å². The smallest absolute Gasteiger partial charge is 0.310 e. The maximum absolute atomic E-state index is 13.1. The summed E-state index contributed by atoms with van der Waals surface area (Å²) >= 11 is 0. The van der Waals surface area contributed by atoms with Crippen LogP contribution in [0.25, 0.3) is 0 Å². The van der Waals surface area contributed by atoms with Gasteiger partial charge in [-0.25, -0.2) is 0 Å². The van der Waals surface area contributed by atoms with E-state index in [-0.39, 0.29) is 46.2 Å². The SMILES string of the molecule is C[C@@H]1CC[C@]2(C(=O)O)CC[C@]3(C)C(=CC[C@@H]4[C@@]5(C)CC[C@H](O[C@@H]6OC[C@H](O)[C@H](O)[C@H]6O[C@@H]6O[C@H](CO)[C@@H](O)[C@H](O)[C@H]6O)C(C)(C)[C@@H]5CC[C@]43C)[C@@H]2[C@]1(C)O. The third-order valence-corrected chi connectivity index (χ3v) is 17.3. The zero-order valence-electron chi connectivity index (χ0n) is 33.1. The Morgan fingerprint density at radius 3 is 2.20 bits per heavy atom. The van der Waals surface area contributed by atoms with Gasteiger partial charge in [0.05, 0.1) is 30.3 Å². The maximum atomic E-state index is 13.1. The van der Waals surface area contributed by atoms with Crippen molar-refractivity contribution in [2.45, 2.75) is 173 Å². The number of aliphatic carboxylic acids is 1. The summed E-state index contributed by atoms with van der Waals surface area (Å²) in [6.45, 7) is 14.7. The Morgan fingerprint density at radius 2 is 1.54 bits per heavy atom. The highest BCUT2D eigenvalue weighted by Crippen LogP contribution is 2.76. The lowest BCUT2D eigenvalue weighted by atomic mass is 9.33. The highest BCUT2D eigenvalue weighted by atomic mass is 16.8. The zero-order valence-corrected chi connectivity index (χ0v) is 33.1. The zero-order chi connectivity index (χ0) is 39.6. The Morgan fingerprint density at radius 1 is 0.833 bits per heavy atom. The van der Waals surface area contributed by atoms with Crippen molar-refractivity contribution in [3.63, 3.8) is 0 Å². The van der Waals surface area contributed by atoms with Crippen molar-refractivity contribution in [2.24, 2.45) is 50.7 Å². The molecule has 13 heteroatoms. The van der Waals surface area contributed by atoms with Crippen LogP contribution in [0.4, 0.5) is 0 Å². The molecule has 13 nitrogen and oxygen atoms in total. The number of rotatable bonds is 6. The summed E-state index contributed by atoms with van der Waals surface area (Å²) in [5.74, 6) is -0.672. The number of carbonyl (C=O) groups is 1. The van der Waals surface area contributed by atoms with Gasteiger partial charge in [0, 0.05) is 5.92 Å². The first kappa shape index (κ1) is 40.9. The van der Waals surface area contributed by atoms with Gasteiger partial charge in [-0.2, -0.15) is 0 Å². The van der Waals surface area contributed by atoms with Gasteiger partial charge in [0.1, 0.15) is 42.7 Å². The standard InChI is InChI=1S/C41H66O13/c1-20-10-15-41(35(48)49)17-16-38(5)21(32(41)40(20,7)50)8-9-25-37(4)13-12-26(36(2,3)24(37)11-14-39(25,38)6)53-34-31(27(44)22(43)19-51-34)54-33-30(47)29(46)28(45)23(18-42)52-33/h8,20,22-34,42-47,50H,9-19H2,1-7H3,(H,48,49)/t20-,22+,23-,24+,25-,26+,27+,28-,29+,30-,31-,32-,33+,34+,37+,38-,39-,40-,41+/m1/s1. The van der Waals surface area contributed by atoms with Crippen LogP contribution in [-0.2, 0) is 23.7 Å². The third-order valence-electron chi connectivity index (χ3n) is 17.3. The van der Waals surface area contributed by atoms with Crippen molar-refractivity contribution in [2.75, 3.05) is 13.2 Å². The van der Waals surface area contributed by atoms with E-state index in [2.05, 4.69) is 47.6 Å². The fourth-order valence-electron chi connectivity index (χ4n) is 13.6. The minimum Gasteiger partial charge on any atom is -0.481 e. The van der Waals surface area contributed by atoms with Gasteiger partial charge < -0.3 is 59.8 Å². The van der Waals surface area contributed by atoms with Crippen molar-refractivity contribution >= 4 is 5.97 Å². The summed E-state index contributed by atoms with van der Waals surface area (Å²) < 4.78 is 24.2. The minimum atomic E-state index is -1.71. The number of allylic oxidation sites excluding steroid dienone is 1. The Balaban J connectivity index is 1.14. The van der Waals surface area contributed by atoms with Gasteiger partial charge in [0.2, 0.25) is 0 Å². The minimum absolute atomic E-state index is 0.00666. The van der Waals surface area contributed by atoms with Gasteiger partial charge in [-0.15, -0.1) is 0 Å². The third kappa shape index (κ3) is 5.68. The molecule has 0 amide bonds. The molecule has 2 heterocycles. The van der Waals surface area contributed by atoms with Crippen molar-refractivity contribution in [1.82, 2.24) is 0 Å². The van der Waals surface area contributed by atoms with Crippen molar-refractivity contribution in [3.05, 3.63) is 11.6 Å². The van der Waals surface area contributed by atoms with Crippen LogP contribution in [0, 0.1) is 50.7 Å². The molecular weight excluding hydrogens is 700 g/mol. The van der Waals surface area contributed by atoms with Crippen LogP contribution in [-0.4, -0.2) is 127 Å². The molecule has 19 atom stereocenters. The van der Waals surface area contributed by atoms with Gasteiger partial charge in [0.25, 0.3) is 0 Å². The molecule has 308 valence electrons. The van der Waals surface area contributed by atoms with E-state index in [4.69, 9.17) is 18.9 Å². The molecule has 7 rings (SSSR count). The van der Waals surface area contributed by atoms with E-state index < -0.39 is 84.8 Å². The van der Waals surface area contributed by atoms with Crippen LogP contribution < -0.4 is 0 Å². The van der Waals surface area contributed by atoms with E-state index in [0.717, 1.165) is 37.7 Å². The normalized spacial score (nSPS) is 55.7. The molecule has 8 N–H and O–H groups in total. The molecule has 54 heavy (non-hydrogen) atoms.